The van der Waals surface area contributed by atoms with Gasteiger partial charge in [0.1, 0.15) is 0 Å². The van der Waals surface area contributed by atoms with Gasteiger partial charge in [-0.3, -0.25) is 9.89 Å². The normalized spacial score (nSPS) is 27.8. The van der Waals surface area contributed by atoms with E-state index >= 15 is 0 Å². The molecule has 1 unspecified atom stereocenters. The number of halogens is 3. The van der Waals surface area contributed by atoms with Crippen molar-refractivity contribution < 1.29 is 13.2 Å². The number of hydrogen-bond donors (Lipinski definition) is 1. The molecular formula is C17H29F3N4. The minimum atomic E-state index is -4.10. The fraction of sp³-hybridized carbons (Fsp3) is 0.941. The Hall–Kier alpha value is -0.980. The minimum absolute atomic E-state index is 0.237. The van der Waals surface area contributed by atoms with Crippen LogP contribution in [-0.4, -0.2) is 67.7 Å². The largest absolute Gasteiger partial charge is 0.401 e. The Morgan fingerprint density at radius 1 is 1.25 bits per heavy atom. The molecule has 2 aliphatic heterocycles. The summed E-state index contributed by atoms with van der Waals surface area (Å²) in [5.41, 5.74) is 0.521. The van der Waals surface area contributed by atoms with Crippen molar-refractivity contribution >= 4 is 5.96 Å². The second-order valence-corrected chi connectivity index (χ2v) is 7.72. The van der Waals surface area contributed by atoms with E-state index in [1.807, 2.05) is 0 Å². The van der Waals surface area contributed by atoms with E-state index in [4.69, 9.17) is 4.99 Å². The van der Waals surface area contributed by atoms with Crippen molar-refractivity contribution in [3.8, 4) is 0 Å². The van der Waals surface area contributed by atoms with E-state index in [9.17, 15) is 13.2 Å². The number of aliphatic imine (C=N–C) groups is 1. The first-order chi connectivity index (χ1) is 11.4. The summed E-state index contributed by atoms with van der Waals surface area (Å²) in [4.78, 5) is 8.61. The molecule has 24 heavy (non-hydrogen) atoms. The SMILES string of the molecule is CCNC(=NCC1CCN(CC(F)(F)F)C1)N1CCC2(CCC2)C1. The van der Waals surface area contributed by atoms with Crippen LogP contribution in [0.3, 0.4) is 0 Å². The third kappa shape index (κ3) is 4.35. The van der Waals surface area contributed by atoms with Crippen molar-refractivity contribution in [1.29, 1.82) is 0 Å². The molecule has 2 heterocycles. The van der Waals surface area contributed by atoms with Crippen LogP contribution in [0.4, 0.5) is 13.2 Å². The van der Waals surface area contributed by atoms with Crippen LogP contribution in [0.2, 0.25) is 0 Å². The summed E-state index contributed by atoms with van der Waals surface area (Å²) in [5.74, 6) is 1.19. The molecule has 0 radical (unpaired) electrons. The third-order valence-corrected chi connectivity index (χ3v) is 5.76. The Morgan fingerprint density at radius 2 is 2.04 bits per heavy atom. The van der Waals surface area contributed by atoms with E-state index in [2.05, 4.69) is 17.1 Å². The standard InChI is InChI=1S/C17H29F3N4/c1-2-21-15(24-9-7-16(12-24)5-3-6-16)22-10-14-4-8-23(11-14)13-17(18,19)20/h14H,2-13H2,1H3,(H,21,22). The van der Waals surface area contributed by atoms with Gasteiger partial charge in [0.15, 0.2) is 5.96 Å². The first kappa shape index (κ1) is 17.8. The van der Waals surface area contributed by atoms with Crippen molar-refractivity contribution in [3.05, 3.63) is 0 Å². The van der Waals surface area contributed by atoms with Gasteiger partial charge in [0, 0.05) is 32.7 Å². The van der Waals surface area contributed by atoms with Crippen LogP contribution in [0, 0.1) is 11.3 Å². The Balaban J connectivity index is 1.51. The summed E-state index contributed by atoms with van der Waals surface area (Å²) in [5, 5.41) is 3.37. The van der Waals surface area contributed by atoms with E-state index in [0.29, 0.717) is 25.0 Å². The highest BCUT2D eigenvalue weighted by atomic mass is 19.4. The molecule has 0 aromatic carbocycles. The van der Waals surface area contributed by atoms with E-state index in [-0.39, 0.29) is 5.92 Å². The molecule has 0 amide bonds. The summed E-state index contributed by atoms with van der Waals surface area (Å²) in [6.45, 7) is 5.90. The molecule has 1 spiro atoms. The molecule has 3 rings (SSSR count). The van der Waals surface area contributed by atoms with Gasteiger partial charge in [0.2, 0.25) is 0 Å². The van der Waals surface area contributed by atoms with Crippen molar-refractivity contribution in [3.63, 3.8) is 0 Å². The molecule has 7 heteroatoms. The van der Waals surface area contributed by atoms with Crippen LogP contribution >= 0.6 is 0 Å². The zero-order valence-electron chi connectivity index (χ0n) is 14.5. The molecular weight excluding hydrogens is 317 g/mol. The maximum atomic E-state index is 12.5. The van der Waals surface area contributed by atoms with Gasteiger partial charge >= 0.3 is 6.18 Å². The van der Waals surface area contributed by atoms with E-state index in [1.165, 1.54) is 30.6 Å². The molecule has 0 aromatic rings. The maximum absolute atomic E-state index is 12.5. The lowest BCUT2D eigenvalue weighted by molar-refractivity contribution is -0.143. The van der Waals surface area contributed by atoms with Crippen molar-refractivity contribution in [2.24, 2.45) is 16.3 Å². The van der Waals surface area contributed by atoms with Crippen LogP contribution in [0.25, 0.3) is 0 Å². The van der Waals surface area contributed by atoms with Crippen LogP contribution < -0.4 is 5.32 Å². The average molecular weight is 346 g/mol. The van der Waals surface area contributed by atoms with Gasteiger partial charge in [0.05, 0.1) is 6.54 Å². The molecule has 1 saturated carbocycles. The highest BCUT2D eigenvalue weighted by Gasteiger charge is 2.43. The fourth-order valence-electron chi connectivity index (χ4n) is 4.30. The quantitative estimate of drug-likeness (QED) is 0.627. The molecule has 0 bridgehead atoms. The average Bonchev–Trinajstić information content (AvgIpc) is 3.08. The van der Waals surface area contributed by atoms with E-state index < -0.39 is 12.7 Å². The van der Waals surface area contributed by atoms with Crippen LogP contribution in [0.5, 0.6) is 0 Å². The minimum Gasteiger partial charge on any atom is -0.357 e. The lowest BCUT2D eigenvalue weighted by Gasteiger charge is -2.38. The zero-order chi connectivity index (χ0) is 17.2. The second kappa shape index (κ2) is 7.10. The van der Waals surface area contributed by atoms with Crippen molar-refractivity contribution in [1.82, 2.24) is 15.1 Å². The molecule has 1 atom stereocenters. The molecule has 1 aliphatic carbocycles. The number of rotatable bonds is 4. The molecule has 138 valence electrons. The highest BCUT2D eigenvalue weighted by molar-refractivity contribution is 5.80. The molecule has 4 nitrogen and oxygen atoms in total. The van der Waals surface area contributed by atoms with Gasteiger partial charge in [-0.05, 0) is 50.5 Å². The van der Waals surface area contributed by atoms with Crippen LogP contribution in [0.1, 0.15) is 39.0 Å². The number of nitrogens with one attached hydrogen (secondary N) is 1. The Bertz CT molecular complexity index is 459. The molecule has 0 aromatic heterocycles. The second-order valence-electron chi connectivity index (χ2n) is 7.72. The van der Waals surface area contributed by atoms with Crippen molar-refractivity contribution in [2.45, 2.75) is 45.2 Å². The fourth-order valence-corrected chi connectivity index (χ4v) is 4.30. The molecule has 1 N–H and O–H groups in total. The Labute approximate surface area is 142 Å². The van der Waals surface area contributed by atoms with E-state index in [1.54, 1.807) is 0 Å². The summed E-state index contributed by atoms with van der Waals surface area (Å²) in [6, 6.07) is 0. The molecule has 3 fully saturated rings. The monoisotopic (exact) mass is 346 g/mol. The van der Waals surface area contributed by atoms with Gasteiger partial charge in [-0.15, -0.1) is 0 Å². The smallest absolute Gasteiger partial charge is 0.357 e. The third-order valence-electron chi connectivity index (χ3n) is 5.76. The van der Waals surface area contributed by atoms with Crippen LogP contribution in [-0.2, 0) is 0 Å². The van der Waals surface area contributed by atoms with Crippen LogP contribution in [0.15, 0.2) is 4.99 Å². The van der Waals surface area contributed by atoms with Gasteiger partial charge in [-0.1, -0.05) is 6.42 Å². The molecule has 2 saturated heterocycles. The first-order valence-corrected chi connectivity index (χ1v) is 9.21. The first-order valence-electron chi connectivity index (χ1n) is 9.21. The summed E-state index contributed by atoms with van der Waals surface area (Å²) in [7, 11) is 0. The van der Waals surface area contributed by atoms with Crippen molar-refractivity contribution in [2.75, 3.05) is 45.8 Å². The van der Waals surface area contributed by atoms with Gasteiger partial charge in [0.25, 0.3) is 0 Å². The van der Waals surface area contributed by atoms with Gasteiger partial charge in [-0.25, -0.2) is 0 Å². The number of alkyl halides is 3. The summed E-state index contributed by atoms with van der Waals surface area (Å²) < 4.78 is 37.4. The summed E-state index contributed by atoms with van der Waals surface area (Å²) >= 11 is 0. The number of nitrogens with zero attached hydrogens (tertiary/aromatic N) is 3. The number of likely N-dealkylation sites (tertiary alicyclic amines) is 2. The highest BCUT2D eigenvalue weighted by Crippen LogP contribution is 2.47. The number of guanidine groups is 1. The predicted molar refractivity (Wildman–Crippen MR) is 89.1 cm³/mol. The number of hydrogen-bond acceptors (Lipinski definition) is 2. The summed E-state index contributed by atoms with van der Waals surface area (Å²) in [6.07, 6.45) is 1.97. The Morgan fingerprint density at radius 3 is 2.62 bits per heavy atom. The molecule has 3 aliphatic rings. The van der Waals surface area contributed by atoms with Gasteiger partial charge in [-0.2, -0.15) is 13.2 Å². The lowest BCUT2D eigenvalue weighted by atomic mass is 9.68. The predicted octanol–water partition coefficient (Wildman–Crippen LogP) is 2.71. The maximum Gasteiger partial charge on any atom is 0.401 e. The Kier molecular flexibility index (Phi) is 5.27. The van der Waals surface area contributed by atoms with E-state index in [0.717, 1.165) is 32.0 Å². The lowest BCUT2D eigenvalue weighted by Crippen LogP contribution is -2.42. The zero-order valence-corrected chi connectivity index (χ0v) is 14.5. The van der Waals surface area contributed by atoms with Gasteiger partial charge < -0.3 is 10.2 Å². The topological polar surface area (TPSA) is 30.9 Å².